The molecule has 0 spiro atoms. The number of thiophene rings is 1. The molecule has 0 aliphatic rings. The summed E-state index contributed by atoms with van der Waals surface area (Å²) in [4.78, 5) is 11.3. The van der Waals surface area contributed by atoms with Crippen LogP contribution in [0.15, 0.2) is 147 Å². The van der Waals surface area contributed by atoms with Crippen molar-refractivity contribution in [2.45, 2.75) is 0 Å². The second-order valence-corrected chi connectivity index (χ2v) is 10.6. The molecule has 3 heterocycles. The van der Waals surface area contributed by atoms with Crippen LogP contribution < -0.4 is 0 Å². The van der Waals surface area contributed by atoms with Gasteiger partial charge >= 0.3 is 0 Å². The highest BCUT2D eigenvalue weighted by atomic mass is 32.1. The molecule has 7 aromatic rings. The second-order valence-electron chi connectivity index (χ2n) is 9.57. The summed E-state index contributed by atoms with van der Waals surface area (Å²) in [5, 5.41) is 1.76. The van der Waals surface area contributed by atoms with Gasteiger partial charge in [-0.3, -0.25) is 4.98 Å². The average molecular weight is 549 g/mol. The van der Waals surface area contributed by atoms with Gasteiger partial charge in [0.1, 0.15) is 0 Å². The molecule has 0 N–H and O–H groups in total. The first-order valence-electron chi connectivity index (χ1n) is 16.2. The highest BCUT2D eigenvalue weighted by Gasteiger charge is 2.19. The molecule has 0 bridgehead atoms. The molecule has 0 aliphatic heterocycles. The Kier molecular flexibility index (Phi) is 4.86. The second kappa shape index (κ2) is 10.5. The van der Waals surface area contributed by atoms with E-state index in [1.165, 1.54) is 0 Å². The van der Waals surface area contributed by atoms with E-state index in [9.17, 15) is 0 Å². The van der Waals surface area contributed by atoms with Crippen LogP contribution >= 0.6 is 11.3 Å². The number of pyridine rings is 2. The number of hydrogen-bond donors (Lipinski definition) is 0. The Morgan fingerprint density at radius 1 is 0.659 bits per heavy atom. The van der Waals surface area contributed by atoms with E-state index >= 15 is 0 Å². The van der Waals surface area contributed by atoms with Crippen LogP contribution in [0.4, 0.5) is 0 Å². The maximum absolute atomic E-state index is 9.14. The predicted molar refractivity (Wildman–Crippen MR) is 175 cm³/mol. The molecule has 0 fully saturated rings. The van der Waals surface area contributed by atoms with Gasteiger partial charge in [0.15, 0.2) is 0 Å². The number of fused-ring (bicyclic) bond motifs is 3. The molecule has 41 heavy (non-hydrogen) atoms. The van der Waals surface area contributed by atoms with E-state index in [1.807, 2.05) is 97.1 Å². The van der Waals surface area contributed by atoms with Crippen LogP contribution in [-0.4, -0.2) is 9.97 Å². The molecule has 3 aromatic heterocycles. The Balaban J connectivity index is 1.50. The van der Waals surface area contributed by atoms with Crippen molar-refractivity contribution in [1.29, 1.82) is 0 Å². The van der Waals surface area contributed by atoms with E-state index in [-0.39, 0.29) is 28.8 Å². The van der Waals surface area contributed by atoms with Gasteiger partial charge in [0.05, 0.1) is 25.0 Å². The van der Waals surface area contributed by atoms with Gasteiger partial charge in [-0.2, -0.15) is 0 Å². The summed E-state index contributed by atoms with van der Waals surface area (Å²) in [6.07, 6.45) is 1.70. The topological polar surface area (TPSA) is 25.8 Å². The molecule has 0 saturated heterocycles. The molecule has 0 radical (unpaired) electrons. The van der Waals surface area contributed by atoms with E-state index < -0.39 is 12.1 Å². The number of aromatic nitrogens is 2. The molecule has 0 aliphatic carbocycles. The summed E-state index contributed by atoms with van der Waals surface area (Å²) in [6, 6.07) is 31.6. The van der Waals surface area contributed by atoms with Gasteiger partial charge in [0.25, 0.3) is 0 Å². The minimum atomic E-state index is -0.427. The minimum Gasteiger partial charge on any atom is -0.254 e. The number of benzene rings is 4. The fourth-order valence-electron chi connectivity index (χ4n) is 4.99. The van der Waals surface area contributed by atoms with Crippen molar-refractivity contribution in [2.24, 2.45) is 0 Å². The lowest BCUT2D eigenvalue weighted by molar-refractivity contribution is 1.33. The van der Waals surface area contributed by atoms with Crippen molar-refractivity contribution in [3.05, 3.63) is 169 Å². The van der Waals surface area contributed by atoms with Crippen LogP contribution in [0, 0.1) is 0 Å². The molecule has 4 aromatic carbocycles. The van der Waals surface area contributed by atoms with Crippen LogP contribution in [-0.2, 0) is 0 Å². The van der Waals surface area contributed by atoms with Gasteiger partial charge in [0, 0.05) is 37.9 Å². The van der Waals surface area contributed by atoms with Crippen molar-refractivity contribution in [1.82, 2.24) is 9.97 Å². The van der Waals surface area contributed by atoms with E-state index in [2.05, 4.69) is 4.98 Å². The fraction of sp³-hybridized carbons (Fsp3) is 0. The van der Waals surface area contributed by atoms with Gasteiger partial charge < -0.3 is 0 Å². The first-order valence-corrected chi connectivity index (χ1v) is 13.9. The van der Waals surface area contributed by atoms with Crippen LogP contribution in [0.5, 0.6) is 0 Å². The Hall–Kier alpha value is -5.12. The standard InChI is InChI=1S/C38H26N2S/c1-25(33-24-35(27-12-5-3-6-13-27)41-38(33)30-14-7-4-8-15-30)31-17-9-10-18-32(31)26(2)34-22-21-29-20-19-28-16-11-23-39-36(28)37(29)40-34/h3-24H,1-2H2/i1D,2D,9D,10D,17D,18D. The largest absolute Gasteiger partial charge is 0.254 e. The first-order chi connectivity index (χ1) is 22.9. The summed E-state index contributed by atoms with van der Waals surface area (Å²) in [5.41, 5.74) is 5.02. The SMILES string of the molecule is [2H]C=C(c1ccc2ccc3cccnc3c2n1)c1c([2H])c([2H])c([2H])c([2H])c1C(=C[2H])c1cc(-c2ccccc2)sc1-c1ccccc1. The van der Waals surface area contributed by atoms with E-state index in [4.69, 9.17) is 13.2 Å². The molecule has 0 amide bonds. The van der Waals surface area contributed by atoms with Crippen molar-refractivity contribution >= 4 is 44.3 Å². The van der Waals surface area contributed by atoms with Gasteiger partial charge in [-0.15, -0.1) is 11.3 Å². The normalized spacial score (nSPS) is 14.2. The molecule has 0 unspecified atom stereocenters. The number of rotatable bonds is 6. The lowest BCUT2D eigenvalue weighted by atomic mass is 9.89. The minimum absolute atomic E-state index is 0.107. The third-order valence-electron chi connectivity index (χ3n) is 7.05. The van der Waals surface area contributed by atoms with Crippen LogP contribution in [0.1, 0.15) is 30.6 Å². The maximum atomic E-state index is 9.14. The van der Waals surface area contributed by atoms with E-state index in [1.54, 1.807) is 23.6 Å². The Morgan fingerprint density at radius 2 is 1.32 bits per heavy atom. The molecule has 7 rings (SSSR count). The Labute approximate surface area is 252 Å². The summed E-state index contributed by atoms with van der Waals surface area (Å²) in [7, 11) is 0. The van der Waals surface area contributed by atoms with Crippen molar-refractivity contribution in [3.63, 3.8) is 0 Å². The average Bonchev–Trinajstić information content (AvgIpc) is 3.57. The predicted octanol–water partition coefficient (Wildman–Crippen LogP) is 10.3. The third-order valence-corrected chi connectivity index (χ3v) is 8.28. The molecular weight excluding hydrogens is 516 g/mol. The lowest BCUT2D eigenvalue weighted by Crippen LogP contribution is -1.97. The molecule has 0 atom stereocenters. The zero-order chi connectivity index (χ0) is 32.7. The molecule has 2 nitrogen and oxygen atoms in total. The molecular formula is C38H26N2S. The quantitative estimate of drug-likeness (QED) is 0.193. The van der Waals surface area contributed by atoms with Crippen molar-refractivity contribution < 1.29 is 8.22 Å². The lowest BCUT2D eigenvalue weighted by Gasteiger charge is -2.15. The maximum Gasteiger partial charge on any atom is 0.0972 e. The summed E-state index contributed by atoms with van der Waals surface area (Å²) >= 11 is 1.55. The van der Waals surface area contributed by atoms with Gasteiger partial charge in [-0.25, -0.2) is 4.98 Å². The number of nitrogens with zero attached hydrogens (tertiary/aromatic N) is 2. The summed E-state index contributed by atoms with van der Waals surface area (Å²) in [6.45, 7) is 2.23. The van der Waals surface area contributed by atoms with Gasteiger partial charge in [0.2, 0.25) is 0 Å². The Bertz CT molecular complexity index is 2370. The summed E-state index contributed by atoms with van der Waals surface area (Å²) in [5.74, 6) is 0. The van der Waals surface area contributed by atoms with Gasteiger partial charge in [-0.05, 0) is 46.0 Å². The van der Waals surface area contributed by atoms with E-state index in [0.29, 0.717) is 27.9 Å². The van der Waals surface area contributed by atoms with Crippen molar-refractivity contribution in [2.75, 3.05) is 0 Å². The smallest absolute Gasteiger partial charge is 0.0972 e. The Morgan fingerprint density at radius 3 is 2.05 bits per heavy atom. The van der Waals surface area contributed by atoms with Crippen LogP contribution in [0.25, 0.3) is 53.8 Å². The zero-order valence-corrected chi connectivity index (χ0v) is 22.7. The monoisotopic (exact) mass is 548 g/mol. The first kappa shape index (κ1) is 19.0. The highest BCUT2D eigenvalue weighted by molar-refractivity contribution is 7.19. The van der Waals surface area contributed by atoms with Crippen LogP contribution in [0.3, 0.4) is 0 Å². The molecule has 3 heteroatoms. The zero-order valence-electron chi connectivity index (χ0n) is 27.8. The van der Waals surface area contributed by atoms with E-state index in [0.717, 1.165) is 44.8 Å². The number of hydrogen-bond acceptors (Lipinski definition) is 3. The third kappa shape index (κ3) is 4.57. The summed E-state index contributed by atoms with van der Waals surface area (Å²) < 4.78 is 52.7. The highest BCUT2D eigenvalue weighted by Crippen LogP contribution is 2.43. The van der Waals surface area contributed by atoms with Crippen molar-refractivity contribution in [3.8, 4) is 20.9 Å². The molecule has 0 saturated carbocycles. The van der Waals surface area contributed by atoms with Gasteiger partial charge in [-0.1, -0.05) is 122 Å². The molecule has 194 valence electrons. The fourth-order valence-corrected chi connectivity index (χ4v) is 6.18. The van der Waals surface area contributed by atoms with Crippen LogP contribution in [0.2, 0.25) is 0 Å².